The van der Waals surface area contributed by atoms with E-state index in [1.54, 1.807) is 14.2 Å². The zero-order valence-electron chi connectivity index (χ0n) is 12.7. The van der Waals surface area contributed by atoms with Crippen molar-refractivity contribution in [1.82, 2.24) is 0 Å². The lowest BCUT2D eigenvalue weighted by Crippen LogP contribution is -2.02. The van der Waals surface area contributed by atoms with Crippen LogP contribution >= 0.6 is 0 Å². The number of rotatable bonds is 7. The summed E-state index contributed by atoms with van der Waals surface area (Å²) in [5.41, 5.74) is 2.11. The van der Waals surface area contributed by atoms with Crippen LogP contribution in [0.25, 0.3) is 0 Å². The Labute approximate surface area is 125 Å². The molecule has 0 aliphatic rings. The minimum absolute atomic E-state index is 0.681. The van der Waals surface area contributed by atoms with E-state index in [4.69, 9.17) is 14.2 Å². The van der Waals surface area contributed by atoms with Gasteiger partial charge in [0.2, 0.25) is 0 Å². The Morgan fingerprint density at radius 2 is 1.62 bits per heavy atom. The highest BCUT2D eigenvalue weighted by Gasteiger charge is 2.04. The zero-order valence-corrected chi connectivity index (χ0v) is 12.7. The van der Waals surface area contributed by atoms with Gasteiger partial charge in [-0.25, -0.2) is 0 Å². The van der Waals surface area contributed by atoms with Gasteiger partial charge < -0.3 is 19.5 Å². The second-order valence-corrected chi connectivity index (χ2v) is 4.50. The van der Waals surface area contributed by atoms with Gasteiger partial charge >= 0.3 is 0 Å². The van der Waals surface area contributed by atoms with Crippen molar-refractivity contribution in [3.63, 3.8) is 0 Å². The van der Waals surface area contributed by atoms with Gasteiger partial charge in [-0.05, 0) is 36.8 Å². The van der Waals surface area contributed by atoms with E-state index in [1.165, 1.54) is 5.56 Å². The highest BCUT2D eigenvalue weighted by molar-refractivity contribution is 5.59. The van der Waals surface area contributed by atoms with Crippen LogP contribution in [0.4, 0.5) is 5.69 Å². The summed E-state index contributed by atoms with van der Waals surface area (Å²) in [6, 6.07) is 13.8. The molecule has 0 unspecified atom stereocenters. The van der Waals surface area contributed by atoms with Gasteiger partial charge in [-0.2, -0.15) is 0 Å². The van der Waals surface area contributed by atoms with Crippen molar-refractivity contribution >= 4 is 5.69 Å². The van der Waals surface area contributed by atoms with Crippen molar-refractivity contribution in [1.29, 1.82) is 0 Å². The molecule has 2 aromatic carbocycles. The first-order valence-electron chi connectivity index (χ1n) is 6.94. The number of benzene rings is 2. The van der Waals surface area contributed by atoms with Gasteiger partial charge in [0.25, 0.3) is 0 Å². The molecule has 0 radical (unpaired) electrons. The Balaban J connectivity index is 2.02. The maximum atomic E-state index is 5.43. The summed E-state index contributed by atoms with van der Waals surface area (Å²) >= 11 is 0. The minimum atomic E-state index is 0.681. The molecule has 0 atom stereocenters. The van der Waals surface area contributed by atoms with Gasteiger partial charge in [0.1, 0.15) is 17.2 Å². The summed E-state index contributed by atoms with van der Waals surface area (Å²) < 4.78 is 16.0. The molecule has 0 fully saturated rings. The first kappa shape index (κ1) is 15.0. The van der Waals surface area contributed by atoms with Gasteiger partial charge in [0.05, 0.1) is 26.5 Å². The Bertz CT molecular complexity index is 567. The zero-order chi connectivity index (χ0) is 15.1. The van der Waals surface area contributed by atoms with E-state index >= 15 is 0 Å². The largest absolute Gasteiger partial charge is 0.497 e. The lowest BCUT2D eigenvalue weighted by atomic mass is 10.2. The van der Waals surface area contributed by atoms with Gasteiger partial charge in [0.15, 0.2) is 0 Å². The topological polar surface area (TPSA) is 39.7 Å². The van der Waals surface area contributed by atoms with Crippen LogP contribution in [0.15, 0.2) is 42.5 Å². The predicted octanol–water partition coefficient (Wildman–Crippen LogP) is 3.71. The smallest absolute Gasteiger partial charge is 0.145 e. The van der Waals surface area contributed by atoms with Gasteiger partial charge in [0, 0.05) is 12.6 Å². The highest BCUT2D eigenvalue weighted by Crippen LogP contribution is 2.29. The molecule has 0 aliphatic carbocycles. The number of anilines is 1. The van der Waals surface area contributed by atoms with Crippen LogP contribution in [0.3, 0.4) is 0 Å². The summed E-state index contributed by atoms with van der Waals surface area (Å²) in [5.74, 6) is 2.43. The van der Waals surface area contributed by atoms with Crippen LogP contribution in [0.1, 0.15) is 12.5 Å². The van der Waals surface area contributed by atoms with E-state index in [0.29, 0.717) is 6.61 Å². The summed E-state index contributed by atoms with van der Waals surface area (Å²) in [7, 11) is 3.29. The third kappa shape index (κ3) is 4.05. The van der Waals surface area contributed by atoms with Crippen LogP contribution in [0, 0.1) is 0 Å². The van der Waals surface area contributed by atoms with E-state index in [0.717, 1.165) is 29.5 Å². The molecule has 0 aromatic heterocycles. The van der Waals surface area contributed by atoms with E-state index in [2.05, 4.69) is 5.32 Å². The molecule has 4 nitrogen and oxygen atoms in total. The molecule has 21 heavy (non-hydrogen) atoms. The van der Waals surface area contributed by atoms with Crippen molar-refractivity contribution in [3.8, 4) is 17.2 Å². The fraction of sp³-hybridized carbons (Fsp3) is 0.294. The summed E-state index contributed by atoms with van der Waals surface area (Å²) in [6.45, 7) is 3.38. The van der Waals surface area contributed by atoms with Crippen molar-refractivity contribution < 1.29 is 14.2 Å². The number of hydrogen-bond donors (Lipinski definition) is 1. The predicted molar refractivity (Wildman–Crippen MR) is 84.5 cm³/mol. The highest BCUT2D eigenvalue weighted by atomic mass is 16.5. The summed E-state index contributed by atoms with van der Waals surface area (Å²) in [4.78, 5) is 0. The van der Waals surface area contributed by atoms with Gasteiger partial charge in [-0.3, -0.25) is 0 Å². The molecule has 0 saturated heterocycles. The molecule has 0 bridgehead atoms. The van der Waals surface area contributed by atoms with Crippen molar-refractivity contribution in [2.75, 3.05) is 26.1 Å². The lowest BCUT2D eigenvalue weighted by molar-refractivity contribution is 0.340. The first-order chi connectivity index (χ1) is 10.3. The molecule has 0 heterocycles. The fourth-order valence-corrected chi connectivity index (χ4v) is 2.01. The third-order valence-electron chi connectivity index (χ3n) is 3.13. The van der Waals surface area contributed by atoms with E-state index in [-0.39, 0.29) is 0 Å². The van der Waals surface area contributed by atoms with Gasteiger partial charge in [-0.1, -0.05) is 12.1 Å². The summed E-state index contributed by atoms with van der Waals surface area (Å²) in [5, 5.41) is 3.36. The van der Waals surface area contributed by atoms with Crippen LogP contribution < -0.4 is 19.5 Å². The molecule has 2 rings (SSSR count). The lowest BCUT2D eigenvalue weighted by Gasteiger charge is -2.13. The maximum absolute atomic E-state index is 5.43. The number of hydrogen-bond acceptors (Lipinski definition) is 4. The average Bonchev–Trinajstić information content (AvgIpc) is 2.54. The van der Waals surface area contributed by atoms with Crippen LogP contribution in [-0.4, -0.2) is 20.8 Å². The normalized spacial score (nSPS) is 10.0. The standard InChI is InChI=1S/C17H21NO3/c1-4-21-14-7-5-13(6-8-14)12-18-16-10-9-15(19-2)11-17(16)20-3/h5-11,18H,4,12H2,1-3H3. The van der Waals surface area contributed by atoms with Crippen LogP contribution in [-0.2, 0) is 6.54 Å². The third-order valence-corrected chi connectivity index (χ3v) is 3.13. The first-order valence-corrected chi connectivity index (χ1v) is 6.94. The van der Waals surface area contributed by atoms with Crippen molar-refractivity contribution in [2.45, 2.75) is 13.5 Å². The molecule has 0 aliphatic heterocycles. The SMILES string of the molecule is CCOc1ccc(CNc2ccc(OC)cc2OC)cc1. The number of nitrogens with one attached hydrogen (secondary N) is 1. The molecule has 4 heteroatoms. The second-order valence-electron chi connectivity index (χ2n) is 4.50. The van der Waals surface area contributed by atoms with Crippen molar-refractivity contribution in [3.05, 3.63) is 48.0 Å². The van der Waals surface area contributed by atoms with Crippen LogP contribution in [0.2, 0.25) is 0 Å². The average molecular weight is 287 g/mol. The maximum Gasteiger partial charge on any atom is 0.145 e. The van der Waals surface area contributed by atoms with Crippen molar-refractivity contribution in [2.24, 2.45) is 0 Å². The summed E-state index contributed by atoms with van der Waals surface area (Å²) in [6.07, 6.45) is 0. The van der Waals surface area contributed by atoms with E-state index < -0.39 is 0 Å². The Kier molecular flexibility index (Phi) is 5.32. The quantitative estimate of drug-likeness (QED) is 0.842. The van der Waals surface area contributed by atoms with E-state index in [1.807, 2.05) is 49.4 Å². The molecule has 0 spiro atoms. The molecule has 2 aromatic rings. The molecular weight excluding hydrogens is 266 g/mol. The molecule has 1 N–H and O–H groups in total. The van der Waals surface area contributed by atoms with Gasteiger partial charge in [-0.15, -0.1) is 0 Å². The molecule has 112 valence electrons. The molecular formula is C17H21NO3. The molecule has 0 saturated carbocycles. The fourth-order valence-electron chi connectivity index (χ4n) is 2.01. The second kappa shape index (κ2) is 7.43. The Morgan fingerprint density at radius 3 is 2.24 bits per heavy atom. The monoisotopic (exact) mass is 287 g/mol. The minimum Gasteiger partial charge on any atom is -0.497 e. The van der Waals surface area contributed by atoms with E-state index in [9.17, 15) is 0 Å². The Hall–Kier alpha value is -2.36. The number of ether oxygens (including phenoxy) is 3. The number of methoxy groups -OCH3 is 2. The Morgan fingerprint density at radius 1 is 0.905 bits per heavy atom. The molecule has 0 amide bonds. The van der Waals surface area contributed by atoms with Crippen LogP contribution in [0.5, 0.6) is 17.2 Å².